The van der Waals surface area contributed by atoms with Gasteiger partial charge in [-0.15, -0.1) is 13.1 Å². The van der Waals surface area contributed by atoms with E-state index in [4.69, 9.17) is 5.32 Å². The van der Waals surface area contributed by atoms with Crippen LogP contribution in [0.25, 0.3) is 81.4 Å². The van der Waals surface area contributed by atoms with E-state index in [0.717, 1.165) is 132 Å². The van der Waals surface area contributed by atoms with Gasteiger partial charge in [-0.05, 0) is 61.1 Å². The molecule has 1 aliphatic rings. The van der Waals surface area contributed by atoms with E-state index in [1.165, 1.54) is 10.9 Å². The summed E-state index contributed by atoms with van der Waals surface area (Å²) in [7, 11) is 0. The van der Waals surface area contributed by atoms with Gasteiger partial charge in [0.1, 0.15) is 0 Å². The van der Waals surface area contributed by atoms with Crippen molar-refractivity contribution in [2.75, 3.05) is 52.4 Å². The molecule has 59 heavy (non-hydrogen) atoms. The molecule has 0 atom stereocenters. The Labute approximate surface area is 368 Å². The molecule has 3 aromatic carbocycles. The van der Waals surface area contributed by atoms with Crippen molar-refractivity contribution in [1.29, 1.82) is 0 Å². The number of pyridine rings is 6. The fourth-order valence-corrected chi connectivity index (χ4v) is 7.24. The van der Waals surface area contributed by atoms with E-state index in [-0.39, 0.29) is 36.3 Å². The molecule has 0 bridgehead atoms. The van der Waals surface area contributed by atoms with Crippen molar-refractivity contribution < 1.29 is 36.3 Å². The molecular weight excluding hydrogens is 865 g/mol. The van der Waals surface area contributed by atoms with E-state index < -0.39 is 0 Å². The fraction of sp³-hybridized carbons (Fsp3) is 0.234. The predicted octanol–water partition coefficient (Wildman–Crippen LogP) is 10.1. The van der Waals surface area contributed by atoms with Crippen LogP contribution in [0.15, 0.2) is 140 Å². The average molecular weight is 910 g/mol. The Morgan fingerprint density at radius 2 is 0.797 bits per heavy atom. The number of hydrogen-bond donors (Lipinski definition) is 0. The minimum atomic E-state index is 0. The summed E-state index contributed by atoms with van der Waals surface area (Å²) >= 11 is 0. The molecule has 0 saturated carbocycles. The Bertz CT molecular complexity index is 2480. The number of fused-ring (bicyclic) bond motifs is 9. The van der Waals surface area contributed by atoms with E-state index >= 15 is 0 Å². The Kier molecular flexibility index (Phi) is 16.6. The summed E-state index contributed by atoms with van der Waals surface area (Å²) in [6, 6.07) is 34.9. The van der Waals surface area contributed by atoms with Crippen LogP contribution in [0, 0.1) is 0 Å². The molecule has 9 aromatic rings. The first-order valence-electron chi connectivity index (χ1n) is 19.7. The second-order valence-electron chi connectivity index (χ2n) is 13.9. The van der Waals surface area contributed by atoms with Gasteiger partial charge in [0.15, 0.2) is 0 Å². The van der Waals surface area contributed by atoms with Gasteiger partial charge in [-0.25, -0.2) is 0 Å². The largest absolute Gasteiger partial charge is 3.00 e. The summed E-state index contributed by atoms with van der Waals surface area (Å²) in [5.74, 6) is 0. The number of hydrogen-bond acceptors (Lipinski definition) is 7. The van der Waals surface area contributed by atoms with Gasteiger partial charge >= 0.3 is 36.3 Å². The molecule has 0 N–H and O–H groups in total. The molecule has 0 amide bonds. The fourth-order valence-electron chi connectivity index (χ4n) is 7.24. The molecule has 0 radical (unpaired) electrons. The maximum absolute atomic E-state index is 4.72. The Morgan fingerprint density at radius 3 is 1.29 bits per heavy atom. The van der Waals surface area contributed by atoms with Gasteiger partial charge in [-0.2, -0.15) is 26.2 Å². The molecule has 0 spiro atoms. The standard InChI is InChI=1S/C23H29N6.2C12H8N2.Co.Ru/c1-5-19-17-20(21-6-2-11-28-23(21)22(19)27-10-1)18-29-15-4-9-25-13-12-24-7-3-8-26-14-16-29;2*1-3-9-5-6-10-4-2-8-14-12(10)11(9)13-7-1;;/h1-2,5-6,10-11,17H,3-4,7-9,12-16,18H2;2*1-8H;;/q-3;;;+3;+2. The van der Waals surface area contributed by atoms with Crippen LogP contribution in [0.2, 0.25) is 0 Å². The van der Waals surface area contributed by atoms with Crippen LogP contribution in [0.3, 0.4) is 0 Å². The van der Waals surface area contributed by atoms with Gasteiger partial charge in [0.25, 0.3) is 0 Å². The smallest absolute Gasteiger partial charge is 0.664 e. The second kappa shape index (κ2) is 22.5. The molecular formula is C47H45CoN10Ru+2. The van der Waals surface area contributed by atoms with Crippen LogP contribution in [-0.4, -0.2) is 87.2 Å². The second-order valence-corrected chi connectivity index (χ2v) is 13.9. The molecule has 1 saturated heterocycles. The zero-order valence-electron chi connectivity index (χ0n) is 32.7. The molecule has 12 heteroatoms. The zero-order chi connectivity index (χ0) is 38.5. The zero-order valence-corrected chi connectivity index (χ0v) is 35.5. The Morgan fingerprint density at radius 1 is 0.407 bits per heavy atom. The van der Waals surface area contributed by atoms with Gasteiger partial charge in [-0.1, -0.05) is 73.5 Å². The van der Waals surface area contributed by atoms with E-state index in [1.807, 2.05) is 48.8 Å². The number of aromatic nitrogens is 6. The van der Waals surface area contributed by atoms with Gasteiger partial charge in [0, 0.05) is 76.0 Å². The first kappa shape index (κ1) is 43.7. The molecule has 6 aromatic heterocycles. The molecule has 7 heterocycles. The molecule has 10 nitrogen and oxygen atoms in total. The maximum Gasteiger partial charge on any atom is 3.00 e. The minimum Gasteiger partial charge on any atom is -0.664 e. The summed E-state index contributed by atoms with van der Waals surface area (Å²) < 4.78 is 0. The summed E-state index contributed by atoms with van der Waals surface area (Å²) in [5.41, 5.74) is 7.19. The van der Waals surface area contributed by atoms with Crippen LogP contribution in [-0.2, 0) is 42.8 Å². The number of benzene rings is 3. The normalized spacial score (nSPS) is 14.3. The predicted molar refractivity (Wildman–Crippen MR) is 235 cm³/mol. The third-order valence-corrected chi connectivity index (χ3v) is 10.0. The van der Waals surface area contributed by atoms with E-state index in [0.29, 0.717) is 0 Å². The van der Waals surface area contributed by atoms with Crippen molar-refractivity contribution in [2.45, 2.75) is 19.4 Å². The van der Waals surface area contributed by atoms with Gasteiger partial charge in [0.05, 0.1) is 33.1 Å². The van der Waals surface area contributed by atoms with Crippen LogP contribution in [0.1, 0.15) is 18.4 Å². The SMILES string of the molecule is [Co+3].[Ru+2].c1cnc2c(c1)cc(CN1CCC[N-]CC[N-]CCC[N-]CC1)c1cccnc12.c1cnc2c(c1)ccc1cccnc12.c1cnc2c(c1)ccc1cccnc12. The van der Waals surface area contributed by atoms with Crippen LogP contribution >= 0.6 is 0 Å². The first-order valence-corrected chi connectivity index (χ1v) is 19.7. The summed E-state index contributed by atoms with van der Waals surface area (Å²) in [4.78, 5) is 29.1. The van der Waals surface area contributed by atoms with Crippen molar-refractivity contribution in [1.82, 2.24) is 34.8 Å². The summed E-state index contributed by atoms with van der Waals surface area (Å²) in [6.07, 6.45) is 13.0. The molecule has 0 aliphatic carbocycles. The van der Waals surface area contributed by atoms with Crippen LogP contribution in [0.4, 0.5) is 0 Å². The van der Waals surface area contributed by atoms with Crippen molar-refractivity contribution >= 4 is 65.4 Å². The van der Waals surface area contributed by atoms with Crippen LogP contribution in [0.5, 0.6) is 0 Å². The van der Waals surface area contributed by atoms with Crippen molar-refractivity contribution in [2.24, 2.45) is 0 Å². The van der Waals surface area contributed by atoms with Gasteiger partial charge in [-0.3, -0.25) is 29.9 Å². The molecule has 10 rings (SSSR count). The van der Waals surface area contributed by atoms with E-state index in [2.05, 4.69) is 112 Å². The van der Waals surface area contributed by atoms with Crippen molar-refractivity contribution in [3.8, 4) is 0 Å². The molecule has 298 valence electrons. The third kappa shape index (κ3) is 11.2. The first-order chi connectivity index (χ1) is 28.3. The molecule has 1 fully saturated rings. The third-order valence-electron chi connectivity index (χ3n) is 10.0. The number of nitrogens with zero attached hydrogens (tertiary/aromatic N) is 10. The molecule has 1 aliphatic heterocycles. The summed E-state index contributed by atoms with van der Waals surface area (Å²) in [5, 5.41) is 20.8. The Balaban J connectivity index is 0.000000163. The quantitative estimate of drug-likeness (QED) is 0.125. The minimum absolute atomic E-state index is 0. The average Bonchev–Trinajstić information content (AvgIpc) is 3.28. The maximum atomic E-state index is 4.72. The van der Waals surface area contributed by atoms with Gasteiger partial charge in [0.2, 0.25) is 0 Å². The topological polar surface area (TPSA) is 123 Å². The number of rotatable bonds is 2. The summed E-state index contributed by atoms with van der Waals surface area (Å²) in [6.45, 7) is 8.22. The van der Waals surface area contributed by atoms with Crippen molar-refractivity contribution in [3.63, 3.8) is 0 Å². The molecule has 0 unspecified atom stereocenters. The van der Waals surface area contributed by atoms with E-state index in [1.54, 1.807) is 24.8 Å². The van der Waals surface area contributed by atoms with Crippen molar-refractivity contribution in [3.05, 3.63) is 162 Å². The van der Waals surface area contributed by atoms with Gasteiger partial charge < -0.3 is 20.9 Å². The monoisotopic (exact) mass is 910 g/mol. The Hall–Kier alpha value is -4.91. The van der Waals surface area contributed by atoms with E-state index in [9.17, 15) is 0 Å². The van der Waals surface area contributed by atoms with Crippen LogP contribution < -0.4 is 0 Å².